The fourth-order valence-corrected chi connectivity index (χ4v) is 10.4. The molecule has 8 heteroatoms. The maximum absolute atomic E-state index is 11.7. The van der Waals surface area contributed by atoms with Crippen LogP contribution in [0, 0.1) is 46.3 Å². The van der Waals surface area contributed by atoms with Gasteiger partial charge in [0.2, 0.25) is 0 Å². The van der Waals surface area contributed by atoms with E-state index in [1.54, 1.807) is 0 Å². The predicted molar refractivity (Wildman–Crippen MR) is 128 cm³/mol. The molecule has 0 amide bonds. The van der Waals surface area contributed by atoms with E-state index in [0.717, 1.165) is 24.7 Å². The standard InChI is InChI=1S/2C12H22O3S/c2*1-12(2)10-4-3-9(11(12)7-10)8-16(14,15)6-5-13/h2*9-11,13H,3-8H2,1-2H3/t2*9-,10-,11-/m00/s1. The molecule has 6 rings (SSSR count). The average Bonchev–Trinajstić information content (AvgIpc) is 2.67. The monoisotopic (exact) mass is 492 g/mol. The molecule has 2 N–H and O–H groups in total. The number of aliphatic hydroxyl groups excluding tert-OH is 2. The van der Waals surface area contributed by atoms with Gasteiger partial charge in [-0.05, 0) is 84.9 Å². The highest BCUT2D eigenvalue weighted by Crippen LogP contribution is 2.62. The molecule has 6 atom stereocenters. The van der Waals surface area contributed by atoms with Gasteiger partial charge in [0.05, 0.1) is 36.2 Å². The van der Waals surface area contributed by atoms with Gasteiger partial charge in [-0.3, -0.25) is 0 Å². The minimum Gasteiger partial charge on any atom is -0.395 e. The Morgan fingerprint density at radius 3 is 1.25 bits per heavy atom. The van der Waals surface area contributed by atoms with Gasteiger partial charge in [-0.25, -0.2) is 16.8 Å². The van der Waals surface area contributed by atoms with Crippen molar-refractivity contribution in [2.45, 2.75) is 66.2 Å². The molecule has 0 unspecified atom stereocenters. The summed E-state index contributed by atoms with van der Waals surface area (Å²) in [5.74, 6) is 3.89. The molecule has 6 aliphatic carbocycles. The molecule has 0 aliphatic heterocycles. The normalized spacial score (nSPS) is 36.8. The van der Waals surface area contributed by atoms with Gasteiger partial charge in [0.25, 0.3) is 0 Å². The third kappa shape index (κ3) is 5.38. The molecular weight excluding hydrogens is 448 g/mol. The van der Waals surface area contributed by atoms with Crippen molar-refractivity contribution in [1.82, 2.24) is 0 Å². The lowest BCUT2D eigenvalue weighted by Gasteiger charge is -2.60. The Morgan fingerprint density at radius 1 is 0.656 bits per heavy atom. The fourth-order valence-electron chi connectivity index (χ4n) is 7.42. The van der Waals surface area contributed by atoms with Gasteiger partial charge >= 0.3 is 0 Å². The summed E-state index contributed by atoms with van der Waals surface area (Å²) in [6.45, 7) is 8.61. The first-order valence-corrected chi connectivity index (χ1v) is 16.0. The molecule has 0 saturated heterocycles. The van der Waals surface area contributed by atoms with Crippen LogP contribution in [-0.4, -0.2) is 63.3 Å². The smallest absolute Gasteiger partial charge is 0.152 e. The Bertz CT molecular complexity index is 785. The summed E-state index contributed by atoms with van der Waals surface area (Å²) in [6, 6.07) is 0. The first-order valence-electron chi connectivity index (χ1n) is 12.4. The van der Waals surface area contributed by atoms with Crippen LogP contribution < -0.4 is 0 Å². The highest BCUT2D eigenvalue weighted by Gasteiger charge is 2.55. The van der Waals surface area contributed by atoms with Crippen LogP contribution in [0.15, 0.2) is 0 Å². The van der Waals surface area contributed by atoms with Gasteiger partial charge in [-0.2, -0.15) is 0 Å². The molecule has 6 saturated carbocycles. The molecule has 0 radical (unpaired) electrons. The zero-order chi connectivity index (χ0) is 23.9. The van der Waals surface area contributed by atoms with E-state index in [-0.39, 0.29) is 36.2 Å². The summed E-state index contributed by atoms with van der Waals surface area (Å²) >= 11 is 0. The van der Waals surface area contributed by atoms with E-state index >= 15 is 0 Å². The number of hydrogen-bond acceptors (Lipinski definition) is 6. The zero-order valence-corrected chi connectivity index (χ0v) is 21.9. The van der Waals surface area contributed by atoms with Crippen LogP contribution in [0.25, 0.3) is 0 Å². The first-order chi connectivity index (χ1) is 14.7. The number of hydrogen-bond donors (Lipinski definition) is 2. The largest absolute Gasteiger partial charge is 0.395 e. The molecule has 0 heterocycles. The predicted octanol–water partition coefficient (Wildman–Crippen LogP) is 2.93. The molecule has 0 aromatic heterocycles. The maximum Gasteiger partial charge on any atom is 0.152 e. The summed E-state index contributed by atoms with van der Waals surface area (Å²) < 4.78 is 46.9. The lowest BCUT2D eigenvalue weighted by atomic mass is 9.46. The van der Waals surface area contributed by atoms with Crippen LogP contribution >= 0.6 is 0 Å². The molecule has 188 valence electrons. The van der Waals surface area contributed by atoms with E-state index in [4.69, 9.17) is 10.2 Å². The summed E-state index contributed by atoms with van der Waals surface area (Å²) in [4.78, 5) is 0. The molecular formula is C24H44O6S2. The molecule has 6 nitrogen and oxygen atoms in total. The summed E-state index contributed by atoms with van der Waals surface area (Å²) in [6.07, 6.45) is 6.91. The summed E-state index contributed by atoms with van der Waals surface area (Å²) in [5.41, 5.74) is 0.690. The van der Waals surface area contributed by atoms with Crippen LogP contribution in [0.2, 0.25) is 0 Å². The lowest BCUT2D eigenvalue weighted by molar-refractivity contribution is -0.0978. The second-order valence-electron chi connectivity index (χ2n) is 12.1. The van der Waals surface area contributed by atoms with Crippen LogP contribution in [0.3, 0.4) is 0 Å². The van der Waals surface area contributed by atoms with Gasteiger partial charge in [0.1, 0.15) is 0 Å². The van der Waals surface area contributed by atoms with Gasteiger partial charge < -0.3 is 10.2 Å². The van der Waals surface area contributed by atoms with Crippen LogP contribution in [-0.2, 0) is 19.7 Å². The Labute approximate surface area is 195 Å². The Kier molecular flexibility index (Phi) is 7.81. The Balaban J connectivity index is 0.000000181. The van der Waals surface area contributed by atoms with Crippen LogP contribution in [0.5, 0.6) is 0 Å². The Morgan fingerprint density at radius 2 is 1.00 bits per heavy atom. The number of sulfone groups is 2. The average molecular weight is 493 g/mol. The van der Waals surface area contributed by atoms with Crippen molar-refractivity contribution in [3.05, 3.63) is 0 Å². The quantitative estimate of drug-likeness (QED) is 0.539. The number of fused-ring (bicyclic) bond motifs is 4. The molecule has 6 aliphatic rings. The third-order valence-corrected chi connectivity index (χ3v) is 13.2. The number of aliphatic hydroxyl groups is 2. The van der Waals surface area contributed by atoms with Gasteiger partial charge in [-0.1, -0.05) is 27.7 Å². The number of rotatable bonds is 8. The minimum atomic E-state index is -3.04. The molecule has 32 heavy (non-hydrogen) atoms. The summed E-state index contributed by atoms with van der Waals surface area (Å²) in [5, 5.41) is 17.5. The van der Waals surface area contributed by atoms with Crippen LogP contribution in [0.4, 0.5) is 0 Å². The van der Waals surface area contributed by atoms with Crippen molar-refractivity contribution in [2.24, 2.45) is 46.3 Å². The third-order valence-electron chi connectivity index (χ3n) is 9.74. The van der Waals surface area contributed by atoms with Crippen molar-refractivity contribution in [1.29, 1.82) is 0 Å². The lowest BCUT2D eigenvalue weighted by Crippen LogP contribution is -2.53. The van der Waals surface area contributed by atoms with Gasteiger partial charge in [-0.15, -0.1) is 0 Å². The van der Waals surface area contributed by atoms with Gasteiger partial charge in [0.15, 0.2) is 19.7 Å². The molecule has 0 spiro atoms. The van der Waals surface area contributed by atoms with Crippen molar-refractivity contribution < 1.29 is 27.0 Å². The Hall–Kier alpha value is -0.180. The zero-order valence-electron chi connectivity index (χ0n) is 20.3. The van der Waals surface area contributed by atoms with Crippen LogP contribution in [0.1, 0.15) is 66.2 Å². The maximum atomic E-state index is 11.7. The van der Waals surface area contributed by atoms with Gasteiger partial charge in [0, 0.05) is 0 Å². The van der Waals surface area contributed by atoms with E-state index in [2.05, 4.69) is 27.7 Å². The van der Waals surface area contributed by atoms with E-state index in [1.807, 2.05) is 0 Å². The molecule has 0 aromatic carbocycles. The fraction of sp³-hybridized carbons (Fsp3) is 1.00. The van der Waals surface area contributed by atoms with Crippen molar-refractivity contribution >= 4 is 19.7 Å². The van der Waals surface area contributed by atoms with Crippen molar-refractivity contribution in [2.75, 3.05) is 36.2 Å². The van der Waals surface area contributed by atoms with Crippen molar-refractivity contribution in [3.63, 3.8) is 0 Å². The van der Waals surface area contributed by atoms with E-state index in [1.165, 1.54) is 25.7 Å². The molecule has 0 aromatic rings. The van der Waals surface area contributed by atoms with Crippen molar-refractivity contribution in [3.8, 4) is 0 Å². The highest BCUT2D eigenvalue weighted by atomic mass is 32.2. The topological polar surface area (TPSA) is 109 Å². The molecule has 6 fully saturated rings. The SMILES string of the molecule is CC1(C)[C@H]2CC[C@@H](CS(=O)(=O)CCO)[C@@H]1C2.CC1(C)[C@H]2CC[C@@H](CS(=O)(=O)CCO)[C@@H]1C2. The highest BCUT2D eigenvalue weighted by molar-refractivity contribution is 7.91. The van der Waals surface area contributed by atoms with E-state index in [0.29, 0.717) is 34.5 Å². The second kappa shape index (κ2) is 9.46. The first kappa shape index (κ1) is 26.4. The molecule has 4 bridgehead atoms. The minimum absolute atomic E-state index is 0.0694. The summed E-state index contributed by atoms with van der Waals surface area (Å²) in [7, 11) is -6.08. The van der Waals surface area contributed by atoms with E-state index < -0.39 is 19.7 Å². The van der Waals surface area contributed by atoms with E-state index in [9.17, 15) is 16.8 Å². The second-order valence-corrected chi connectivity index (χ2v) is 16.5.